The Morgan fingerprint density at radius 3 is 1.44 bits per heavy atom. The van der Waals surface area contributed by atoms with Gasteiger partial charge in [0.15, 0.2) is 17.3 Å². The van der Waals surface area contributed by atoms with Crippen molar-refractivity contribution in [3.63, 3.8) is 0 Å². The second kappa shape index (κ2) is 16.2. The van der Waals surface area contributed by atoms with Gasteiger partial charge < -0.3 is 18.9 Å². The lowest BCUT2D eigenvalue weighted by Gasteiger charge is -2.14. The first-order valence-corrected chi connectivity index (χ1v) is 15.5. The number of rotatable bonds is 11. The Balaban J connectivity index is 1.28. The average Bonchev–Trinajstić information content (AvgIpc) is 3.19. The fraction of sp³-hybridized carbons (Fsp3) is 0. The van der Waals surface area contributed by atoms with E-state index in [1.807, 2.05) is 0 Å². The van der Waals surface area contributed by atoms with Crippen LogP contribution in [0.15, 0.2) is 141 Å². The Morgan fingerprint density at radius 1 is 0.500 bits per heavy atom. The largest absolute Gasteiger partial charge is 0.439 e. The maximum Gasteiger partial charge on any atom is 0.220 e. The summed E-state index contributed by atoms with van der Waals surface area (Å²) < 4.78 is 23.3. The predicted molar refractivity (Wildman–Crippen MR) is 193 cm³/mol. The molecule has 0 spiro atoms. The molecule has 0 saturated heterocycles. The smallest absolute Gasteiger partial charge is 0.220 e. The van der Waals surface area contributed by atoms with Crippen molar-refractivity contribution in [1.29, 1.82) is 21.6 Å². The number of allylic oxidation sites excluding steroid dienone is 1. The highest BCUT2D eigenvalue weighted by Crippen LogP contribution is 2.32. The SMILES string of the molecule is N=C(Oc1ccc(C(=O)/C=C/c2ccc(OC(=N)c3cccnc3)c(OC(=N)c3cccnc3)c2)c(OC(=N)c2cccnc2)c1)c1cccnc1. The molecule has 4 heterocycles. The second-order valence-corrected chi connectivity index (χ2v) is 10.8. The minimum Gasteiger partial charge on any atom is -0.439 e. The molecule has 0 aliphatic heterocycles. The third kappa shape index (κ3) is 8.67. The van der Waals surface area contributed by atoms with E-state index in [2.05, 4.69) is 19.9 Å². The molecule has 6 rings (SSSR count). The predicted octanol–water partition coefficient (Wildman–Crippen LogP) is 6.78. The summed E-state index contributed by atoms with van der Waals surface area (Å²) in [6.45, 7) is 0. The molecule has 254 valence electrons. The van der Waals surface area contributed by atoms with E-state index in [4.69, 9.17) is 40.6 Å². The molecule has 0 amide bonds. The van der Waals surface area contributed by atoms with E-state index in [9.17, 15) is 4.79 Å². The molecule has 0 unspecified atom stereocenters. The van der Waals surface area contributed by atoms with Gasteiger partial charge in [-0.3, -0.25) is 46.4 Å². The minimum atomic E-state index is -0.466. The fourth-order valence-electron chi connectivity index (χ4n) is 4.58. The molecule has 13 nitrogen and oxygen atoms in total. The maximum absolute atomic E-state index is 13.7. The summed E-state index contributed by atoms with van der Waals surface area (Å²) in [5.74, 6) is -0.788. The zero-order valence-electron chi connectivity index (χ0n) is 27.2. The molecule has 0 radical (unpaired) electrons. The van der Waals surface area contributed by atoms with E-state index >= 15 is 0 Å². The van der Waals surface area contributed by atoms with Crippen molar-refractivity contribution in [2.24, 2.45) is 0 Å². The first kappa shape index (κ1) is 34.2. The zero-order chi connectivity index (χ0) is 36.3. The first-order chi connectivity index (χ1) is 25.3. The Morgan fingerprint density at radius 2 is 0.962 bits per heavy atom. The summed E-state index contributed by atoms with van der Waals surface area (Å²) in [5, 5.41) is 33.8. The average molecular weight is 689 g/mol. The van der Waals surface area contributed by atoms with Gasteiger partial charge in [-0.15, -0.1) is 0 Å². The molecule has 4 aromatic heterocycles. The lowest BCUT2D eigenvalue weighted by atomic mass is 10.1. The molecule has 0 bridgehead atoms. The Bertz CT molecular complexity index is 2280. The number of ether oxygens (including phenoxy) is 4. The molecule has 0 fully saturated rings. The molecule has 2 aromatic carbocycles. The molecule has 6 aromatic rings. The van der Waals surface area contributed by atoms with Crippen LogP contribution in [0.1, 0.15) is 38.2 Å². The van der Waals surface area contributed by atoms with Crippen LogP contribution in [0, 0.1) is 21.6 Å². The monoisotopic (exact) mass is 688 g/mol. The third-order valence-electron chi connectivity index (χ3n) is 7.16. The van der Waals surface area contributed by atoms with Crippen molar-refractivity contribution in [2.75, 3.05) is 0 Å². The van der Waals surface area contributed by atoms with Crippen LogP contribution in [0.2, 0.25) is 0 Å². The topological polar surface area (TPSA) is 201 Å². The Kier molecular flexibility index (Phi) is 10.6. The van der Waals surface area contributed by atoms with E-state index < -0.39 is 5.78 Å². The third-order valence-corrected chi connectivity index (χ3v) is 7.16. The quantitative estimate of drug-likeness (QED) is 0.0490. The number of carbonyl (C=O) groups excluding carboxylic acids is 1. The molecule has 0 atom stereocenters. The standard InChI is InChI=1S/C39H28N8O5/c40-36(26-5-1-15-44-21-26)49-30-11-12-31(34(20-30)51-38(42)28-7-3-17-46-23-28)32(48)13-9-25-10-14-33(50-37(41)27-6-2-16-45-22-27)35(19-25)52-39(43)29-8-4-18-47-24-29/h1-24,40-43H/b13-9+,40-36?,41-37?,42-38?,43-39?. The van der Waals surface area contributed by atoms with Gasteiger partial charge in [-0.05, 0) is 84.4 Å². The van der Waals surface area contributed by atoms with Crippen LogP contribution in [0.4, 0.5) is 0 Å². The number of aromatic nitrogens is 4. The van der Waals surface area contributed by atoms with E-state index in [1.54, 1.807) is 91.5 Å². The van der Waals surface area contributed by atoms with Crippen LogP contribution >= 0.6 is 0 Å². The van der Waals surface area contributed by atoms with Gasteiger partial charge in [0.1, 0.15) is 11.5 Å². The van der Waals surface area contributed by atoms with Gasteiger partial charge in [0, 0.05) is 55.6 Å². The van der Waals surface area contributed by atoms with Crippen LogP contribution in [0.25, 0.3) is 6.08 Å². The highest BCUT2D eigenvalue weighted by molar-refractivity contribution is 6.09. The van der Waals surface area contributed by atoms with Crippen LogP contribution < -0.4 is 18.9 Å². The normalized spacial score (nSPS) is 10.6. The van der Waals surface area contributed by atoms with Gasteiger partial charge in [0.2, 0.25) is 23.6 Å². The highest BCUT2D eigenvalue weighted by atomic mass is 16.5. The fourth-order valence-corrected chi connectivity index (χ4v) is 4.58. The van der Waals surface area contributed by atoms with Crippen LogP contribution in [-0.2, 0) is 0 Å². The molecule has 52 heavy (non-hydrogen) atoms. The summed E-state index contributed by atoms with van der Waals surface area (Å²) in [6.07, 6.45) is 15.1. The van der Waals surface area contributed by atoms with E-state index in [0.717, 1.165) is 0 Å². The van der Waals surface area contributed by atoms with Gasteiger partial charge in [-0.1, -0.05) is 12.1 Å². The van der Waals surface area contributed by atoms with Gasteiger partial charge in [0.25, 0.3) is 0 Å². The Hall–Kier alpha value is -7.67. The first-order valence-electron chi connectivity index (χ1n) is 15.5. The van der Waals surface area contributed by atoms with Crippen molar-refractivity contribution in [3.8, 4) is 23.0 Å². The van der Waals surface area contributed by atoms with Crippen LogP contribution in [0.5, 0.6) is 23.0 Å². The summed E-state index contributed by atoms with van der Waals surface area (Å²) in [6, 6.07) is 22.6. The molecule has 0 aliphatic carbocycles. The van der Waals surface area contributed by atoms with Crippen LogP contribution in [0.3, 0.4) is 0 Å². The zero-order valence-corrected chi connectivity index (χ0v) is 27.2. The minimum absolute atomic E-state index is 0.0200. The maximum atomic E-state index is 13.7. The van der Waals surface area contributed by atoms with E-state index in [1.165, 1.54) is 55.1 Å². The second-order valence-electron chi connectivity index (χ2n) is 10.8. The molecule has 0 aliphatic rings. The highest BCUT2D eigenvalue weighted by Gasteiger charge is 2.18. The van der Waals surface area contributed by atoms with Crippen molar-refractivity contribution < 1.29 is 23.7 Å². The van der Waals surface area contributed by atoms with Crippen molar-refractivity contribution in [2.45, 2.75) is 0 Å². The number of ketones is 1. The number of hydrogen-bond acceptors (Lipinski definition) is 13. The molecular formula is C39H28N8O5. The molecular weight excluding hydrogens is 660 g/mol. The van der Waals surface area contributed by atoms with E-state index in [-0.39, 0.29) is 52.2 Å². The summed E-state index contributed by atoms with van der Waals surface area (Å²) in [7, 11) is 0. The van der Waals surface area contributed by atoms with Gasteiger partial charge in [-0.25, -0.2) is 0 Å². The van der Waals surface area contributed by atoms with Crippen molar-refractivity contribution in [3.05, 3.63) is 174 Å². The van der Waals surface area contributed by atoms with Gasteiger partial charge in [0.05, 0.1) is 27.8 Å². The van der Waals surface area contributed by atoms with Gasteiger partial charge in [-0.2, -0.15) is 0 Å². The number of benzene rings is 2. The summed E-state index contributed by atoms with van der Waals surface area (Å²) in [4.78, 5) is 29.8. The number of pyridine rings is 4. The lowest BCUT2D eigenvalue weighted by Crippen LogP contribution is -2.13. The Labute approximate surface area is 297 Å². The van der Waals surface area contributed by atoms with Crippen LogP contribution in [-0.4, -0.2) is 49.3 Å². The number of nitrogens with one attached hydrogen (secondary N) is 4. The number of nitrogens with zero attached hydrogens (tertiary/aromatic N) is 4. The molecule has 4 N–H and O–H groups in total. The number of carbonyl (C=O) groups is 1. The molecule has 0 saturated carbocycles. The summed E-state index contributed by atoms with van der Waals surface area (Å²) in [5.41, 5.74) is 2.31. The molecule has 13 heteroatoms. The van der Waals surface area contributed by atoms with E-state index in [0.29, 0.717) is 27.8 Å². The lowest BCUT2D eigenvalue weighted by molar-refractivity contribution is 0.104. The van der Waals surface area contributed by atoms with Crippen molar-refractivity contribution >= 4 is 35.5 Å². The summed E-state index contributed by atoms with van der Waals surface area (Å²) >= 11 is 0. The van der Waals surface area contributed by atoms with Crippen molar-refractivity contribution in [1.82, 2.24) is 19.9 Å². The van der Waals surface area contributed by atoms with Gasteiger partial charge >= 0.3 is 0 Å². The number of hydrogen-bond donors (Lipinski definition) is 4.